The number of aromatic nitrogens is 3. The fourth-order valence-electron chi connectivity index (χ4n) is 8.98. The number of nitrogens with zero attached hydrogens (tertiary/aromatic N) is 4. The molecule has 0 radical (unpaired) electrons. The van der Waals surface area contributed by atoms with Gasteiger partial charge in [0.1, 0.15) is 0 Å². The van der Waals surface area contributed by atoms with Gasteiger partial charge in [-0.05, 0) is 101 Å². The van der Waals surface area contributed by atoms with Gasteiger partial charge in [-0.25, -0.2) is 15.0 Å². The van der Waals surface area contributed by atoms with E-state index >= 15 is 0 Å². The molecular weight excluding hydrogens is 585 g/mol. The van der Waals surface area contributed by atoms with Crippen LogP contribution in [0.1, 0.15) is 63.5 Å². The summed E-state index contributed by atoms with van der Waals surface area (Å²) in [6.45, 7) is 4.85. The summed E-state index contributed by atoms with van der Waals surface area (Å²) in [5, 5.41) is 11.8. The first-order chi connectivity index (χ1) is 23.5. The summed E-state index contributed by atoms with van der Waals surface area (Å²) >= 11 is 0. The molecule has 1 heterocycles. The molecule has 0 N–H and O–H groups in total. The summed E-state index contributed by atoms with van der Waals surface area (Å²) in [6, 6.07) is 42.2. The molecule has 48 heavy (non-hydrogen) atoms. The summed E-state index contributed by atoms with van der Waals surface area (Å²) in [6.07, 6.45) is 8.12. The molecule has 6 aromatic rings. The average Bonchev–Trinajstić information content (AvgIpc) is 3.14. The molecule has 5 aromatic carbocycles. The van der Waals surface area contributed by atoms with Gasteiger partial charge in [0, 0.05) is 16.7 Å². The van der Waals surface area contributed by atoms with Gasteiger partial charge in [-0.3, -0.25) is 0 Å². The molecule has 236 valence electrons. The number of fused-ring (bicyclic) bond motifs is 3. The molecule has 0 amide bonds. The second-order valence-corrected chi connectivity index (χ2v) is 14.3. The Morgan fingerprint density at radius 3 is 2.06 bits per heavy atom. The lowest BCUT2D eigenvalue weighted by atomic mass is 9.54. The lowest BCUT2D eigenvalue weighted by Gasteiger charge is -2.51. The molecule has 2 fully saturated rings. The zero-order valence-corrected chi connectivity index (χ0v) is 27.7. The highest BCUT2D eigenvalue weighted by Crippen LogP contribution is 2.55. The minimum atomic E-state index is 0.325. The van der Waals surface area contributed by atoms with Gasteiger partial charge in [-0.2, -0.15) is 5.26 Å². The minimum absolute atomic E-state index is 0.325. The van der Waals surface area contributed by atoms with E-state index in [1.165, 1.54) is 60.6 Å². The van der Waals surface area contributed by atoms with Crippen LogP contribution in [0.4, 0.5) is 0 Å². The molecule has 4 heteroatoms. The Morgan fingerprint density at radius 2 is 1.31 bits per heavy atom. The Morgan fingerprint density at radius 1 is 0.646 bits per heavy atom. The number of hydrogen-bond donors (Lipinski definition) is 0. The molecule has 2 bridgehead atoms. The fraction of sp³-hybridized carbons (Fsp3) is 0.273. The Kier molecular flexibility index (Phi) is 7.85. The first-order valence-electron chi connectivity index (χ1n) is 17.5. The van der Waals surface area contributed by atoms with Gasteiger partial charge in [0.15, 0.2) is 17.5 Å². The van der Waals surface area contributed by atoms with Crippen molar-refractivity contribution in [3.8, 4) is 51.4 Å². The quantitative estimate of drug-likeness (QED) is 0.185. The van der Waals surface area contributed by atoms with Gasteiger partial charge in [-0.15, -0.1) is 0 Å². The zero-order valence-electron chi connectivity index (χ0n) is 27.7. The van der Waals surface area contributed by atoms with Crippen molar-refractivity contribution in [2.24, 2.45) is 17.8 Å². The van der Waals surface area contributed by atoms with Crippen molar-refractivity contribution in [2.45, 2.75) is 57.8 Å². The molecular formula is C44H40N4. The Balaban J connectivity index is 1.21. The average molecular weight is 625 g/mol. The highest BCUT2D eigenvalue weighted by Gasteiger charge is 2.45. The van der Waals surface area contributed by atoms with Crippen LogP contribution in [-0.2, 0) is 5.41 Å². The third-order valence-electron chi connectivity index (χ3n) is 11.0. The van der Waals surface area contributed by atoms with Crippen LogP contribution < -0.4 is 0 Å². The molecule has 2 aliphatic rings. The second-order valence-electron chi connectivity index (χ2n) is 14.3. The number of nitriles is 1. The first-order valence-corrected chi connectivity index (χ1v) is 17.5. The SMILES string of the molecule is CC[C@H]1C[C@H]2C[C@@H](C)CC(c3ccc(-c4ccc(-c5nc(-c6ccccc6)nc(-c6cccc(C#N)c6)n5)c5ccccc45)cc3)(C2)C1. The highest BCUT2D eigenvalue weighted by molar-refractivity contribution is 6.04. The van der Waals surface area contributed by atoms with E-state index in [1.807, 2.05) is 48.5 Å². The van der Waals surface area contributed by atoms with E-state index in [-0.39, 0.29) is 0 Å². The Hall–Kier alpha value is -5.14. The van der Waals surface area contributed by atoms with Crippen LogP contribution in [0.3, 0.4) is 0 Å². The third kappa shape index (κ3) is 5.58. The van der Waals surface area contributed by atoms with Crippen LogP contribution in [-0.4, -0.2) is 15.0 Å². The number of rotatable bonds is 6. The first kappa shape index (κ1) is 30.2. The summed E-state index contributed by atoms with van der Waals surface area (Å²) < 4.78 is 0. The summed E-state index contributed by atoms with van der Waals surface area (Å²) in [5.74, 6) is 4.28. The largest absolute Gasteiger partial charge is 0.208 e. The van der Waals surface area contributed by atoms with Gasteiger partial charge < -0.3 is 0 Å². The van der Waals surface area contributed by atoms with E-state index in [1.54, 1.807) is 6.07 Å². The van der Waals surface area contributed by atoms with Crippen molar-refractivity contribution in [3.05, 3.63) is 126 Å². The van der Waals surface area contributed by atoms with E-state index < -0.39 is 0 Å². The lowest BCUT2D eigenvalue weighted by molar-refractivity contribution is 0.0702. The van der Waals surface area contributed by atoms with Crippen molar-refractivity contribution < 1.29 is 0 Å². The summed E-state index contributed by atoms with van der Waals surface area (Å²) in [7, 11) is 0. The maximum atomic E-state index is 9.56. The van der Waals surface area contributed by atoms with Crippen LogP contribution in [0.2, 0.25) is 0 Å². The lowest BCUT2D eigenvalue weighted by Crippen LogP contribution is -2.42. The molecule has 2 saturated carbocycles. The van der Waals surface area contributed by atoms with Gasteiger partial charge in [0.2, 0.25) is 0 Å². The monoisotopic (exact) mass is 624 g/mol. The molecule has 4 atom stereocenters. The molecule has 4 nitrogen and oxygen atoms in total. The molecule has 0 aliphatic heterocycles. The smallest absolute Gasteiger partial charge is 0.164 e. The predicted molar refractivity (Wildman–Crippen MR) is 195 cm³/mol. The van der Waals surface area contributed by atoms with Crippen LogP contribution in [0.25, 0.3) is 56.1 Å². The van der Waals surface area contributed by atoms with Crippen molar-refractivity contribution in [3.63, 3.8) is 0 Å². The maximum Gasteiger partial charge on any atom is 0.164 e. The topological polar surface area (TPSA) is 62.5 Å². The molecule has 1 aromatic heterocycles. The molecule has 2 aliphatic carbocycles. The van der Waals surface area contributed by atoms with E-state index in [2.05, 4.69) is 80.6 Å². The van der Waals surface area contributed by atoms with Crippen molar-refractivity contribution in [2.75, 3.05) is 0 Å². The maximum absolute atomic E-state index is 9.56. The van der Waals surface area contributed by atoms with E-state index in [0.717, 1.165) is 39.8 Å². The minimum Gasteiger partial charge on any atom is -0.208 e. The predicted octanol–water partition coefficient (Wildman–Crippen LogP) is 11.1. The van der Waals surface area contributed by atoms with Crippen LogP contribution in [0, 0.1) is 29.1 Å². The molecule has 1 unspecified atom stereocenters. The molecule has 0 saturated heterocycles. The third-order valence-corrected chi connectivity index (χ3v) is 11.0. The van der Waals surface area contributed by atoms with E-state index in [4.69, 9.17) is 15.0 Å². The van der Waals surface area contributed by atoms with Crippen LogP contribution in [0.15, 0.2) is 115 Å². The van der Waals surface area contributed by atoms with E-state index in [9.17, 15) is 5.26 Å². The fourth-order valence-corrected chi connectivity index (χ4v) is 8.98. The second kappa shape index (κ2) is 12.5. The number of hydrogen-bond acceptors (Lipinski definition) is 4. The van der Waals surface area contributed by atoms with Crippen LogP contribution in [0.5, 0.6) is 0 Å². The Labute approximate surface area is 283 Å². The van der Waals surface area contributed by atoms with Crippen molar-refractivity contribution in [1.82, 2.24) is 15.0 Å². The summed E-state index contributed by atoms with van der Waals surface area (Å²) in [4.78, 5) is 14.9. The van der Waals surface area contributed by atoms with Gasteiger partial charge in [0.25, 0.3) is 0 Å². The van der Waals surface area contributed by atoms with Crippen molar-refractivity contribution >= 4 is 10.8 Å². The normalized spacial score (nSPS) is 21.9. The van der Waals surface area contributed by atoms with Crippen molar-refractivity contribution in [1.29, 1.82) is 5.26 Å². The van der Waals surface area contributed by atoms with Gasteiger partial charge in [-0.1, -0.05) is 117 Å². The number of benzene rings is 5. The van der Waals surface area contributed by atoms with Gasteiger partial charge in [0.05, 0.1) is 11.6 Å². The van der Waals surface area contributed by atoms with Gasteiger partial charge >= 0.3 is 0 Å². The highest BCUT2D eigenvalue weighted by atomic mass is 15.0. The summed E-state index contributed by atoms with van der Waals surface area (Å²) in [5.41, 5.74) is 7.54. The van der Waals surface area contributed by atoms with Crippen LogP contribution >= 0.6 is 0 Å². The van der Waals surface area contributed by atoms with E-state index in [0.29, 0.717) is 28.5 Å². The Bertz CT molecular complexity index is 2140. The molecule has 8 rings (SSSR count). The zero-order chi connectivity index (χ0) is 32.7. The molecule has 0 spiro atoms. The standard InChI is InChI=1S/C44H40N4/c1-3-30-23-32-22-29(2)25-44(26-30,27-32)36-18-16-33(17-19-36)37-20-21-40(39-15-8-7-14-38(37)39)43-47-41(34-11-5-4-6-12-34)46-42(48-43)35-13-9-10-31(24-35)28-45/h4-21,24,29-30,32H,3,22-23,25-27H2,1-2H3/t29-,30+,32-,44?/m1/s1.